The Kier molecular flexibility index (Phi) is 2.39. The van der Waals surface area contributed by atoms with E-state index < -0.39 is 0 Å². The first kappa shape index (κ1) is 12.2. The lowest BCUT2D eigenvalue weighted by Gasteiger charge is -2.03. The molecule has 5 rings (SSSR count). The molecule has 0 unspecified atom stereocenters. The van der Waals surface area contributed by atoms with E-state index in [2.05, 4.69) is 37.3 Å². The lowest BCUT2D eigenvalue weighted by Crippen LogP contribution is -1.90. The average molecular weight is 292 g/mol. The van der Waals surface area contributed by atoms with E-state index in [-0.39, 0.29) is 0 Å². The molecule has 1 heterocycles. The van der Waals surface area contributed by atoms with Crippen molar-refractivity contribution in [2.45, 2.75) is 52.4 Å². The third kappa shape index (κ3) is 1.51. The van der Waals surface area contributed by atoms with E-state index in [9.17, 15) is 0 Å². The summed E-state index contributed by atoms with van der Waals surface area (Å²) in [6.45, 7) is 4.58. The number of allylic oxidation sites excluding steroid dienone is 8. The molecule has 0 aliphatic heterocycles. The summed E-state index contributed by atoms with van der Waals surface area (Å²) in [5.74, 6) is 0. The summed E-state index contributed by atoms with van der Waals surface area (Å²) < 4.78 is 0. The normalized spacial score (nSPS) is 21.6. The minimum Gasteiger partial charge on any atom is -0.135 e. The maximum absolute atomic E-state index is 2.49. The first-order chi connectivity index (χ1) is 10.3. The third-order valence-electron chi connectivity index (χ3n) is 5.65. The van der Waals surface area contributed by atoms with Gasteiger partial charge in [-0.05, 0) is 71.9 Å². The predicted molar refractivity (Wildman–Crippen MR) is 91.5 cm³/mol. The predicted octanol–water partition coefficient (Wildman–Crippen LogP) is 5.85. The molecule has 0 radical (unpaired) electrons. The van der Waals surface area contributed by atoms with Gasteiger partial charge in [-0.2, -0.15) is 0 Å². The molecule has 0 atom stereocenters. The summed E-state index contributed by atoms with van der Waals surface area (Å²) in [7, 11) is 0. The van der Waals surface area contributed by atoms with E-state index in [1.54, 1.807) is 54.3 Å². The highest BCUT2D eigenvalue weighted by molar-refractivity contribution is 7.14. The molecule has 1 aromatic heterocycles. The van der Waals surface area contributed by atoms with Crippen LogP contribution in [0.3, 0.4) is 0 Å². The van der Waals surface area contributed by atoms with E-state index >= 15 is 0 Å². The quantitative estimate of drug-likeness (QED) is 0.641. The highest BCUT2D eigenvalue weighted by Gasteiger charge is 2.36. The molecule has 0 fully saturated rings. The Morgan fingerprint density at radius 1 is 0.762 bits per heavy atom. The largest absolute Gasteiger partial charge is 0.135 e. The Bertz CT molecular complexity index is 739. The molecule has 106 valence electrons. The van der Waals surface area contributed by atoms with E-state index in [1.165, 1.54) is 38.5 Å². The van der Waals surface area contributed by atoms with Gasteiger partial charge in [0.25, 0.3) is 0 Å². The molecule has 0 spiro atoms. The van der Waals surface area contributed by atoms with Crippen molar-refractivity contribution in [3.05, 3.63) is 55.3 Å². The molecule has 0 amide bonds. The van der Waals surface area contributed by atoms with Crippen LogP contribution in [0.15, 0.2) is 34.4 Å². The van der Waals surface area contributed by atoms with Crippen molar-refractivity contribution in [1.29, 1.82) is 0 Å². The summed E-state index contributed by atoms with van der Waals surface area (Å²) in [6.07, 6.45) is 12.3. The van der Waals surface area contributed by atoms with Gasteiger partial charge in [0.2, 0.25) is 0 Å². The Morgan fingerprint density at radius 3 is 1.67 bits per heavy atom. The maximum atomic E-state index is 2.49. The van der Waals surface area contributed by atoms with Crippen LogP contribution in [0.2, 0.25) is 0 Å². The Hall–Kier alpha value is -1.34. The zero-order valence-electron chi connectivity index (χ0n) is 12.8. The summed E-state index contributed by atoms with van der Waals surface area (Å²) >= 11 is 2.11. The van der Waals surface area contributed by atoms with Gasteiger partial charge < -0.3 is 0 Å². The Labute approximate surface area is 130 Å². The number of hydrogen-bond acceptors (Lipinski definition) is 1. The maximum Gasteiger partial charge on any atom is 0.0353 e. The standard InChI is InChI=1S/C20H20S/c1-3-11-5-13-9-17-18-10-14-6-12(4-2)8-16(14)20(18)21-19(17)15(13)7-11/h5-6H,3-4,7-10H2,1-2H3. The van der Waals surface area contributed by atoms with Gasteiger partial charge in [-0.25, -0.2) is 0 Å². The smallest absolute Gasteiger partial charge is 0.0353 e. The summed E-state index contributed by atoms with van der Waals surface area (Å²) in [6, 6.07) is 0. The second-order valence-corrected chi connectivity index (χ2v) is 7.77. The van der Waals surface area contributed by atoms with Crippen LogP contribution in [0.1, 0.15) is 60.4 Å². The molecule has 4 aliphatic rings. The minimum absolute atomic E-state index is 1.21. The van der Waals surface area contributed by atoms with E-state index in [0.717, 1.165) is 0 Å². The van der Waals surface area contributed by atoms with E-state index in [4.69, 9.17) is 0 Å². The SMILES string of the molecule is CCC1=CC2=C(C1)c1sc3c(c1C2)CC1=C3CC(CC)=C1. The summed E-state index contributed by atoms with van der Waals surface area (Å²) in [5.41, 5.74) is 13.2. The van der Waals surface area contributed by atoms with Crippen LogP contribution < -0.4 is 0 Å². The van der Waals surface area contributed by atoms with Gasteiger partial charge in [-0.3, -0.25) is 0 Å². The monoisotopic (exact) mass is 292 g/mol. The van der Waals surface area contributed by atoms with Crippen molar-refractivity contribution in [2.75, 3.05) is 0 Å². The molecule has 4 aliphatic carbocycles. The van der Waals surface area contributed by atoms with Crippen LogP contribution in [0, 0.1) is 0 Å². The fraction of sp³-hybridized carbons (Fsp3) is 0.400. The zero-order valence-corrected chi connectivity index (χ0v) is 13.6. The second-order valence-electron chi connectivity index (χ2n) is 6.74. The van der Waals surface area contributed by atoms with Crippen molar-refractivity contribution in [2.24, 2.45) is 0 Å². The van der Waals surface area contributed by atoms with Crippen LogP contribution in [-0.4, -0.2) is 0 Å². The first-order valence-electron chi connectivity index (χ1n) is 8.26. The molecule has 21 heavy (non-hydrogen) atoms. The second kappa shape index (κ2) is 4.10. The topological polar surface area (TPSA) is 0 Å². The number of hydrogen-bond donors (Lipinski definition) is 0. The van der Waals surface area contributed by atoms with Crippen molar-refractivity contribution in [3.63, 3.8) is 0 Å². The molecule has 0 saturated carbocycles. The molecular weight excluding hydrogens is 272 g/mol. The molecule has 0 aromatic carbocycles. The lowest BCUT2D eigenvalue weighted by molar-refractivity contribution is 1.05. The van der Waals surface area contributed by atoms with Crippen molar-refractivity contribution in [1.82, 2.24) is 0 Å². The van der Waals surface area contributed by atoms with Gasteiger partial charge in [0, 0.05) is 9.75 Å². The van der Waals surface area contributed by atoms with Gasteiger partial charge in [0.15, 0.2) is 0 Å². The molecule has 0 nitrogen and oxygen atoms in total. The fourth-order valence-corrected chi connectivity index (χ4v) is 5.91. The van der Waals surface area contributed by atoms with Crippen LogP contribution in [0.4, 0.5) is 0 Å². The molecule has 0 N–H and O–H groups in total. The number of fused-ring (bicyclic) bond motifs is 5. The zero-order chi connectivity index (χ0) is 14.1. The van der Waals surface area contributed by atoms with Gasteiger partial charge in [-0.15, -0.1) is 11.3 Å². The molecular formula is C20H20S. The fourth-order valence-electron chi connectivity index (χ4n) is 4.41. The van der Waals surface area contributed by atoms with Gasteiger partial charge >= 0.3 is 0 Å². The van der Waals surface area contributed by atoms with E-state index in [1.807, 2.05) is 0 Å². The molecule has 1 aromatic rings. The van der Waals surface area contributed by atoms with E-state index in [0.29, 0.717) is 0 Å². The third-order valence-corrected chi connectivity index (χ3v) is 7.04. The van der Waals surface area contributed by atoms with Gasteiger partial charge in [0.1, 0.15) is 0 Å². The molecule has 0 bridgehead atoms. The lowest BCUT2D eigenvalue weighted by atomic mass is 10.0. The van der Waals surface area contributed by atoms with Crippen LogP contribution >= 0.6 is 11.3 Å². The minimum atomic E-state index is 1.21. The van der Waals surface area contributed by atoms with Crippen molar-refractivity contribution >= 4 is 22.5 Å². The van der Waals surface area contributed by atoms with Crippen molar-refractivity contribution < 1.29 is 0 Å². The molecule has 0 saturated heterocycles. The number of rotatable bonds is 2. The Morgan fingerprint density at radius 2 is 1.24 bits per heavy atom. The van der Waals surface area contributed by atoms with Crippen LogP contribution in [-0.2, 0) is 12.8 Å². The highest BCUT2D eigenvalue weighted by Crippen LogP contribution is 2.55. The first-order valence-corrected chi connectivity index (χ1v) is 9.08. The van der Waals surface area contributed by atoms with Gasteiger partial charge in [-0.1, -0.05) is 37.1 Å². The average Bonchev–Trinajstić information content (AvgIpc) is 3.20. The van der Waals surface area contributed by atoms with Gasteiger partial charge in [0.05, 0.1) is 0 Å². The highest BCUT2D eigenvalue weighted by atomic mass is 32.1. The van der Waals surface area contributed by atoms with Crippen LogP contribution in [0.5, 0.6) is 0 Å². The summed E-state index contributed by atoms with van der Waals surface area (Å²) in [4.78, 5) is 3.29. The number of thiophene rings is 1. The molecule has 1 heteroatoms. The summed E-state index contributed by atoms with van der Waals surface area (Å²) in [5, 5.41) is 0. The van der Waals surface area contributed by atoms with Crippen LogP contribution in [0.25, 0.3) is 11.1 Å². The Balaban J connectivity index is 1.53. The van der Waals surface area contributed by atoms with Crippen molar-refractivity contribution in [3.8, 4) is 0 Å².